The highest BCUT2D eigenvalue weighted by molar-refractivity contribution is 5.24. The van der Waals surface area contributed by atoms with Crippen molar-refractivity contribution in [3.05, 3.63) is 28.6 Å². The molecule has 1 aliphatic heterocycles. The van der Waals surface area contributed by atoms with Gasteiger partial charge in [0.25, 0.3) is 0 Å². The number of rotatable bonds is 7. The molecular weight excluding hydrogens is 254 g/mol. The molecule has 5 nitrogen and oxygen atoms in total. The lowest BCUT2D eigenvalue weighted by atomic mass is 10.1. The number of aromatic nitrogens is 2. The largest absolute Gasteiger partial charge is 0.394 e. The summed E-state index contributed by atoms with van der Waals surface area (Å²) in [5, 5.41) is 17.0. The lowest BCUT2D eigenvalue weighted by Crippen LogP contribution is -2.17. The van der Waals surface area contributed by atoms with Gasteiger partial charge in [0.2, 0.25) is 0 Å². The highest BCUT2D eigenvalue weighted by atomic mass is 16.5. The van der Waals surface area contributed by atoms with Crippen LogP contribution in [0.2, 0.25) is 0 Å². The van der Waals surface area contributed by atoms with Crippen molar-refractivity contribution in [3.8, 4) is 0 Å². The van der Waals surface area contributed by atoms with Gasteiger partial charge in [-0.2, -0.15) is 5.10 Å². The average Bonchev–Trinajstić information content (AvgIpc) is 2.72. The van der Waals surface area contributed by atoms with Gasteiger partial charge in [0.15, 0.2) is 0 Å². The molecule has 1 aromatic rings. The molecule has 0 fully saturated rings. The molecule has 0 radical (unpaired) electrons. The number of hydrogen-bond acceptors (Lipinski definition) is 4. The summed E-state index contributed by atoms with van der Waals surface area (Å²) in [5.41, 5.74) is 4.94. The number of hydrogen-bond donors (Lipinski definition) is 2. The Morgan fingerprint density at radius 2 is 2.30 bits per heavy atom. The molecule has 5 heteroatoms. The van der Waals surface area contributed by atoms with Gasteiger partial charge >= 0.3 is 0 Å². The van der Waals surface area contributed by atoms with Crippen LogP contribution >= 0.6 is 0 Å². The summed E-state index contributed by atoms with van der Waals surface area (Å²) < 4.78 is 7.19. The minimum Gasteiger partial charge on any atom is -0.394 e. The Balaban J connectivity index is 1.80. The normalized spacial score (nSPS) is 15.4. The second kappa shape index (κ2) is 7.57. The maximum absolute atomic E-state index is 9.01. The van der Waals surface area contributed by atoms with E-state index in [4.69, 9.17) is 9.84 Å². The van der Waals surface area contributed by atoms with Crippen molar-refractivity contribution in [1.82, 2.24) is 15.1 Å². The summed E-state index contributed by atoms with van der Waals surface area (Å²) in [6.45, 7) is 8.24. The molecule has 0 saturated heterocycles. The summed E-state index contributed by atoms with van der Waals surface area (Å²) in [6.07, 6.45) is 4.35. The van der Waals surface area contributed by atoms with E-state index in [9.17, 15) is 0 Å². The molecule has 0 amide bonds. The Hall–Kier alpha value is -1.17. The average molecular weight is 279 g/mol. The molecular formula is C15H25N3O2. The van der Waals surface area contributed by atoms with E-state index in [0.717, 1.165) is 50.5 Å². The molecule has 2 rings (SSSR count). The van der Waals surface area contributed by atoms with Crippen LogP contribution in [0.4, 0.5) is 0 Å². The van der Waals surface area contributed by atoms with Crippen molar-refractivity contribution in [2.45, 2.75) is 39.8 Å². The highest BCUT2D eigenvalue weighted by Gasteiger charge is 2.10. The Morgan fingerprint density at radius 1 is 1.45 bits per heavy atom. The predicted molar refractivity (Wildman–Crippen MR) is 78.6 cm³/mol. The third kappa shape index (κ3) is 3.91. The molecule has 1 aromatic heterocycles. The predicted octanol–water partition coefficient (Wildman–Crippen LogP) is 1.32. The molecule has 0 aliphatic carbocycles. The maximum atomic E-state index is 9.01. The quantitative estimate of drug-likeness (QED) is 0.584. The Kier molecular flexibility index (Phi) is 5.76. The molecule has 0 spiro atoms. The van der Waals surface area contributed by atoms with Gasteiger partial charge in [0, 0.05) is 17.8 Å². The fourth-order valence-electron chi connectivity index (χ4n) is 2.56. The smallest absolute Gasteiger partial charge is 0.0650 e. The van der Waals surface area contributed by atoms with Crippen LogP contribution in [0.15, 0.2) is 11.6 Å². The number of ether oxygens (including phenoxy) is 1. The van der Waals surface area contributed by atoms with Crippen LogP contribution < -0.4 is 5.32 Å². The summed E-state index contributed by atoms with van der Waals surface area (Å²) in [7, 11) is 0. The van der Waals surface area contributed by atoms with Gasteiger partial charge in [0.05, 0.1) is 32.1 Å². The SMILES string of the molecule is Cc1nn(CCO)c(C)c1CNCCC1=CCOCC1. The van der Waals surface area contributed by atoms with E-state index < -0.39 is 0 Å². The van der Waals surface area contributed by atoms with Crippen LogP contribution in [0, 0.1) is 13.8 Å². The van der Waals surface area contributed by atoms with E-state index in [1.165, 1.54) is 11.1 Å². The summed E-state index contributed by atoms with van der Waals surface area (Å²) in [6, 6.07) is 0. The van der Waals surface area contributed by atoms with E-state index in [2.05, 4.69) is 23.4 Å². The molecule has 20 heavy (non-hydrogen) atoms. The molecule has 2 N–H and O–H groups in total. The monoisotopic (exact) mass is 279 g/mol. The topological polar surface area (TPSA) is 59.3 Å². The number of aliphatic hydroxyl groups excluding tert-OH is 1. The first-order valence-corrected chi connectivity index (χ1v) is 7.32. The third-order valence-corrected chi connectivity index (χ3v) is 3.83. The van der Waals surface area contributed by atoms with Gasteiger partial charge in [-0.15, -0.1) is 0 Å². The van der Waals surface area contributed by atoms with Crippen LogP contribution in [0.25, 0.3) is 0 Å². The highest BCUT2D eigenvalue weighted by Crippen LogP contribution is 2.14. The molecule has 0 unspecified atom stereocenters. The Morgan fingerprint density at radius 3 is 3.00 bits per heavy atom. The number of aliphatic hydroxyl groups is 1. The van der Waals surface area contributed by atoms with E-state index >= 15 is 0 Å². The van der Waals surface area contributed by atoms with Crippen LogP contribution in [-0.2, 0) is 17.8 Å². The van der Waals surface area contributed by atoms with E-state index in [-0.39, 0.29) is 6.61 Å². The van der Waals surface area contributed by atoms with Crippen molar-refractivity contribution in [2.75, 3.05) is 26.4 Å². The first-order valence-electron chi connectivity index (χ1n) is 7.32. The van der Waals surface area contributed by atoms with Crippen molar-refractivity contribution in [3.63, 3.8) is 0 Å². The zero-order chi connectivity index (χ0) is 14.4. The molecule has 0 bridgehead atoms. The number of nitrogens with one attached hydrogen (secondary N) is 1. The van der Waals surface area contributed by atoms with Crippen LogP contribution in [0.3, 0.4) is 0 Å². The molecule has 1 aliphatic rings. The Labute approximate surface area is 120 Å². The number of aryl methyl sites for hydroxylation is 1. The number of nitrogens with zero attached hydrogens (tertiary/aromatic N) is 2. The molecule has 0 saturated carbocycles. The standard InChI is InChI=1S/C15H25N3O2/c1-12-15(13(2)18(17-12)7-8-19)11-16-6-3-14-4-9-20-10-5-14/h4,16,19H,3,5-11H2,1-2H3. The van der Waals surface area contributed by atoms with Gasteiger partial charge in [-0.05, 0) is 33.2 Å². The molecule has 0 aromatic carbocycles. The molecule has 0 atom stereocenters. The summed E-state index contributed by atoms with van der Waals surface area (Å²) in [4.78, 5) is 0. The second-order valence-electron chi connectivity index (χ2n) is 5.21. The molecule has 2 heterocycles. The maximum Gasteiger partial charge on any atom is 0.0650 e. The van der Waals surface area contributed by atoms with Crippen LogP contribution in [0.1, 0.15) is 29.8 Å². The van der Waals surface area contributed by atoms with E-state index in [0.29, 0.717) is 6.54 Å². The van der Waals surface area contributed by atoms with Crippen LogP contribution in [0.5, 0.6) is 0 Å². The van der Waals surface area contributed by atoms with Gasteiger partial charge < -0.3 is 15.2 Å². The van der Waals surface area contributed by atoms with E-state index in [1.807, 2.05) is 11.6 Å². The fraction of sp³-hybridized carbons (Fsp3) is 0.667. The second-order valence-corrected chi connectivity index (χ2v) is 5.21. The minimum atomic E-state index is 0.130. The van der Waals surface area contributed by atoms with Gasteiger partial charge in [0.1, 0.15) is 0 Å². The summed E-state index contributed by atoms with van der Waals surface area (Å²) in [5.74, 6) is 0. The zero-order valence-corrected chi connectivity index (χ0v) is 12.5. The van der Waals surface area contributed by atoms with Gasteiger partial charge in [-0.25, -0.2) is 0 Å². The van der Waals surface area contributed by atoms with Crippen LogP contribution in [-0.4, -0.2) is 41.3 Å². The first kappa shape index (κ1) is 15.2. The lowest BCUT2D eigenvalue weighted by molar-refractivity contribution is 0.153. The minimum absolute atomic E-state index is 0.130. The van der Waals surface area contributed by atoms with Crippen molar-refractivity contribution in [1.29, 1.82) is 0 Å². The van der Waals surface area contributed by atoms with Gasteiger partial charge in [-0.1, -0.05) is 11.6 Å². The van der Waals surface area contributed by atoms with Crippen molar-refractivity contribution >= 4 is 0 Å². The summed E-state index contributed by atoms with van der Waals surface area (Å²) >= 11 is 0. The van der Waals surface area contributed by atoms with Crippen molar-refractivity contribution in [2.24, 2.45) is 0 Å². The fourth-order valence-corrected chi connectivity index (χ4v) is 2.56. The van der Waals surface area contributed by atoms with Crippen molar-refractivity contribution < 1.29 is 9.84 Å². The lowest BCUT2D eigenvalue weighted by Gasteiger charge is -2.13. The molecule has 112 valence electrons. The Bertz CT molecular complexity index is 466. The third-order valence-electron chi connectivity index (χ3n) is 3.83. The van der Waals surface area contributed by atoms with Gasteiger partial charge in [-0.3, -0.25) is 4.68 Å². The van der Waals surface area contributed by atoms with E-state index in [1.54, 1.807) is 0 Å². The zero-order valence-electron chi connectivity index (χ0n) is 12.5. The first-order chi connectivity index (χ1) is 9.72.